The highest BCUT2D eigenvalue weighted by molar-refractivity contribution is 5.91. The van der Waals surface area contributed by atoms with Crippen LogP contribution in [0.4, 0.5) is 0 Å². The second kappa shape index (κ2) is 7.28. The Morgan fingerprint density at radius 3 is 2.48 bits per heavy atom. The van der Waals surface area contributed by atoms with Gasteiger partial charge in [0.15, 0.2) is 5.76 Å². The van der Waals surface area contributed by atoms with Gasteiger partial charge in [0, 0.05) is 23.7 Å². The van der Waals surface area contributed by atoms with Gasteiger partial charge in [-0.3, -0.25) is 9.59 Å². The fourth-order valence-corrected chi connectivity index (χ4v) is 2.81. The van der Waals surface area contributed by atoms with Crippen molar-refractivity contribution in [3.8, 4) is 34.3 Å². The molecule has 1 amide bonds. The fraction of sp³-hybridized carbons (Fsp3) is 0.158. The van der Waals surface area contributed by atoms with Crippen molar-refractivity contribution in [2.45, 2.75) is 6.42 Å². The summed E-state index contributed by atoms with van der Waals surface area (Å²) in [5.41, 5.74) is -0.255. The van der Waals surface area contributed by atoms with Crippen LogP contribution in [-0.4, -0.2) is 35.4 Å². The maximum atomic E-state index is 12.6. The first-order valence-electron chi connectivity index (χ1n) is 8.03. The number of fused-ring (bicyclic) bond motifs is 1. The molecule has 2 aromatic carbocycles. The van der Waals surface area contributed by atoms with Gasteiger partial charge in [-0.2, -0.15) is 0 Å². The van der Waals surface area contributed by atoms with Crippen molar-refractivity contribution in [2.24, 2.45) is 0 Å². The SMILES string of the molecule is COc1ccc(-c2oc3c(CCNC=O)c(O)cc(O)c3c(=O)c2O)cc1. The highest BCUT2D eigenvalue weighted by Gasteiger charge is 2.22. The molecule has 1 aromatic heterocycles. The Kier molecular flexibility index (Phi) is 4.89. The topological polar surface area (TPSA) is 129 Å². The van der Waals surface area contributed by atoms with E-state index in [1.165, 1.54) is 7.11 Å². The normalized spacial score (nSPS) is 10.7. The van der Waals surface area contributed by atoms with Gasteiger partial charge in [0.05, 0.1) is 7.11 Å². The summed E-state index contributed by atoms with van der Waals surface area (Å²) >= 11 is 0. The number of benzene rings is 2. The molecule has 0 bridgehead atoms. The third kappa shape index (κ3) is 3.24. The Balaban J connectivity index is 2.26. The lowest BCUT2D eigenvalue weighted by atomic mass is 10.0. The fourth-order valence-electron chi connectivity index (χ4n) is 2.81. The smallest absolute Gasteiger partial charge is 0.238 e. The Morgan fingerprint density at radius 2 is 1.85 bits per heavy atom. The van der Waals surface area contributed by atoms with E-state index in [0.29, 0.717) is 17.7 Å². The molecule has 140 valence electrons. The summed E-state index contributed by atoms with van der Waals surface area (Å²) in [6.07, 6.45) is 0.654. The van der Waals surface area contributed by atoms with Crippen LogP contribution >= 0.6 is 0 Å². The number of phenols is 2. The van der Waals surface area contributed by atoms with Crippen molar-refractivity contribution in [3.05, 3.63) is 46.1 Å². The zero-order valence-electron chi connectivity index (χ0n) is 14.4. The molecule has 0 radical (unpaired) electrons. The van der Waals surface area contributed by atoms with Gasteiger partial charge < -0.3 is 29.8 Å². The lowest BCUT2D eigenvalue weighted by Gasteiger charge is -2.12. The molecular formula is C19H17NO7. The van der Waals surface area contributed by atoms with Gasteiger partial charge in [-0.15, -0.1) is 0 Å². The van der Waals surface area contributed by atoms with Crippen molar-refractivity contribution >= 4 is 17.4 Å². The molecule has 3 rings (SSSR count). The van der Waals surface area contributed by atoms with E-state index in [4.69, 9.17) is 9.15 Å². The molecule has 8 heteroatoms. The predicted octanol–water partition coefficient (Wildman–Crippen LogP) is 1.87. The molecule has 0 unspecified atom stereocenters. The quantitative estimate of drug-likeness (QED) is 0.384. The third-order valence-corrected chi connectivity index (χ3v) is 4.16. The summed E-state index contributed by atoms with van der Waals surface area (Å²) in [4.78, 5) is 23.1. The molecule has 0 aliphatic rings. The average molecular weight is 371 g/mol. The number of amides is 1. The number of carbonyl (C=O) groups is 1. The van der Waals surface area contributed by atoms with Crippen LogP contribution < -0.4 is 15.5 Å². The molecule has 27 heavy (non-hydrogen) atoms. The lowest BCUT2D eigenvalue weighted by molar-refractivity contribution is -0.109. The number of methoxy groups -OCH3 is 1. The Morgan fingerprint density at radius 1 is 1.15 bits per heavy atom. The largest absolute Gasteiger partial charge is 0.507 e. The standard InChI is InChI=1S/C19H17NO7/c1-26-11-4-2-10(3-5-11)18-17(25)16(24)15-14(23)8-13(22)12(19(15)27-18)6-7-20-9-21/h2-5,8-9,22-23,25H,6-7H2,1H3,(H,20,21). The molecule has 1 heterocycles. The summed E-state index contributed by atoms with van der Waals surface area (Å²) < 4.78 is 10.8. The number of hydrogen-bond acceptors (Lipinski definition) is 7. The maximum Gasteiger partial charge on any atom is 0.238 e. The monoisotopic (exact) mass is 371 g/mol. The lowest BCUT2D eigenvalue weighted by Crippen LogP contribution is -2.15. The minimum atomic E-state index is -0.829. The Hall–Kier alpha value is -3.68. The number of nitrogens with one attached hydrogen (secondary N) is 1. The average Bonchev–Trinajstić information content (AvgIpc) is 2.66. The first-order valence-corrected chi connectivity index (χ1v) is 8.03. The molecule has 0 saturated heterocycles. The van der Waals surface area contributed by atoms with E-state index in [2.05, 4.69) is 5.32 Å². The Bertz CT molecular complexity index is 1050. The van der Waals surface area contributed by atoms with Gasteiger partial charge in [-0.25, -0.2) is 0 Å². The van der Waals surface area contributed by atoms with Crippen LogP contribution in [0.1, 0.15) is 5.56 Å². The molecular weight excluding hydrogens is 354 g/mol. The van der Waals surface area contributed by atoms with Gasteiger partial charge in [0.2, 0.25) is 17.6 Å². The van der Waals surface area contributed by atoms with Crippen LogP contribution in [0.3, 0.4) is 0 Å². The van der Waals surface area contributed by atoms with Gasteiger partial charge >= 0.3 is 0 Å². The van der Waals surface area contributed by atoms with E-state index < -0.39 is 16.9 Å². The zero-order valence-corrected chi connectivity index (χ0v) is 14.4. The second-order valence-corrected chi connectivity index (χ2v) is 5.76. The zero-order chi connectivity index (χ0) is 19.6. The summed E-state index contributed by atoms with van der Waals surface area (Å²) in [5.74, 6) is -0.991. The van der Waals surface area contributed by atoms with Crippen molar-refractivity contribution in [2.75, 3.05) is 13.7 Å². The van der Waals surface area contributed by atoms with Crippen molar-refractivity contribution in [3.63, 3.8) is 0 Å². The van der Waals surface area contributed by atoms with E-state index in [0.717, 1.165) is 6.07 Å². The molecule has 0 aliphatic heterocycles. The van der Waals surface area contributed by atoms with E-state index in [1.807, 2.05) is 0 Å². The van der Waals surface area contributed by atoms with E-state index >= 15 is 0 Å². The van der Waals surface area contributed by atoms with Crippen LogP contribution in [-0.2, 0) is 11.2 Å². The Labute approximate surface area is 153 Å². The van der Waals surface area contributed by atoms with E-state index in [9.17, 15) is 24.9 Å². The van der Waals surface area contributed by atoms with Crippen LogP contribution in [0, 0.1) is 0 Å². The molecule has 0 aliphatic carbocycles. The molecule has 0 fully saturated rings. The maximum absolute atomic E-state index is 12.6. The number of aromatic hydroxyl groups is 3. The highest BCUT2D eigenvalue weighted by Crippen LogP contribution is 2.38. The first kappa shape index (κ1) is 18.1. The van der Waals surface area contributed by atoms with Crippen LogP contribution in [0.15, 0.2) is 39.5 Å². The van der Waals surface area contributed by atoms with E-state index in [1.54, 1.807) is 24.3 Å². The van der Waals surface area contributed by atoms with Crippen molar-refractivity contribution in [1.82, 2.24) is 5.32 Å². The summed E-state index contributed by atoms with van der Waals surface area (Å²) in [5, 5.41) is 32.7. The minimum absolute atomic E-state index is 0.0613. The number of rotatable bonds is 6. The van der Waals surface area contributed by atoms with Crippen molar-refractivity contribution in [1.29, 1.82) is 0 Å². The molecule has 0 saturated carbocycles. The van der Waals surface area contributed by atoms with Crippen LogP contribution in [0.5, 0.6) is 23.0 Å². The number of ether oxygens (including phenoxy) is 1. The summed E-state index contributed by atoms with van der Waals surface area (Å²) in [6, 6.07) is 7.46. The number of hydrogen-bond donors (Lipinski definition) is 4. The van der Waals surface area contributed by atoms with Gasteiger partial charge in [0.1, 0.15) is 28.2 Å². The summed E-state index contributed by atoms with van der Waals surface area (Å²) in [6.45, 7) is 0.180. The molecule has 3 aromatic rings. The molecule has 8 nitrogen and oxygen atoms in total. The minimum Gasteiger partial charge on any atom is -0.507 e. The van der Waals surface area contributed by atoms with Crippen molar-refractivity contribution < 1.29 is 29.3 Å². The van der Waals surface area contributed by atoms with Gasteiger partial charge in [0.25, 0.3) is 0 Å². The van der Waals surface area contributed by atoms with E-state index in [-0.39, 0.29) is 41.0 Å². The third-order valence-electron chi connectivity index (χ3n) is 4.16. The van der Waals surface area contributed by atoms with Crippen LogP contribution in [0.25, 0.3) is 22.3 Å². The second-order valence-electron chi connectivity index (χ2n) is 5.76. The molecule has 0 atom stereocenters. The van der Waals surface area contributed by atoms with Gasteiger partial charge in [-0.05, 0) is 30.7 Å². The highest BCUT2D eigenvalue weighted by atomic mass is 16.5. The summed E-state index contributed by atoms with van der Waals surface area (Å²) in [7, 11) is 1.51. The van der Waals surface area contributed by atoms with Gasteiger partial charge in [-0.1, -0.05) is 0 Å². The number of phenolic OH excluding ortho intramolecular Hbond substituents is 2. The van der Waals surface area contributed by atoms with Crippen LogP contribution in [0.2, 0.25) is 0 Å². The number of carbonyl (C=O) groups excluding carboxylic acids is 1. The molecule has 0 spiro atoms. The first-order chi connectivity index (χ1) is 13.0. The predicted molar refractivity (Wildman–Crippen MR) is 97.2 cm³/mol. The molecule has 4 N–H and O–H groups in total.